The van der Waals surface area contributed by atoms with Gasteiger partial charge in [0.1, 0.15) is 12.8 Å². The molecule has 17 nitrogen and oxygen atoms in total. The number of hydrogen-bond acceptors (Lipinski definition) is 12. The number of amides is 4. The number of carbonyl (C=O) groups excluding carboxylic acids is 4. The lowest BCUT2D eigenvalue weighted by Crippen LogP contribution is -2.55. The third-order valence-corrected chi connectivity index (χ3v) is 25.4. The fraction of sp³-hybridized carbons (Fsp3) is 0.372. The van der Waals surface area contributed by atoms with Crippen molar-refractivity contribution in [3.8, 4) is 11.5 Å². The van der Waals surface area contributed by atoms with Crippen LogP contribution in [-0.2, 0) is 68.1 Å². The first-order chi connectivity index (χ1) is 51.5. The van der Waals surface area contributed by atoms with Gasteiger partial charge in [-0.1, -0.05) is 168 Å². The van der Waals surface area contributed by atoms with Gasteiger partial charge in [0.05, 0.1) is 40.7 Å². The number of alkyl halides is 6. The second kappa shape index (κ2) is 45.1. The van der Waals surface area contributed by atoms with E-state index in [9.17, 15) is 67.5 Å². The number of hydrogen-bond donors (Lipinski definition) is 3. The molecule has 7 aromatic carbocycles. The monoisotopic (exact) mass is 1800 g/mol. The smallest absolute Gasteiger partial charge is 0.415 e. The van der Waals surface area contributed by atoms with Crippen molar-refractivity contribution in [3.63, 3.8) is 0 Å². The quantitative estimate of drug-likeness (QED) is 0.0480. The van der Waals surface area contributed by atoms with Crippen molar-refractivity contribution in [2.24, 2.45) is 0 Å². The SMILES string of the molecule is C=CC[C@@](CN(C)C(=O)CC(F)(F)F)(c1ccc(Cl)c(Cl)c1)N(C)C(=O)Oc1ccccc1F.CN(C[C@](CCCN1CCC2(CC1)c1ccccc1CS2=O)(c1ccc(Cl)c(Cl)c1)N(C)C(=O)Oc1ccccc1F)C(=O)CC(F)(F)F.O=C(O)[C@H](O)c1ccccc1.O=S1Cc2ccccc2C12CCNCC2.S.S.S.S.S. The number of benzene rings is 7. The molecule has 626 valence electrons. The van der Waals surface area contributed by atoms with Crippen molar-refractivity contribution in [2.45, 2.75) is 108 Å². The summed E-state index contributed by atoms with van der Waals surface area (Å²) in [6.07, 6.45) is -10.8. The van der Waals surface area contributed by atoms with E-state index in [-0.39, 0.29) is 130 Å². The predicted molar refractivity (Wildman–Crippen MR) is 456 cm³/mol. The first-order valence-corrected chi connectivity index (χ1v) is 38.5. The summed E-state index contributed by atoms with van der Waals surface area (Å²) >= 11 is 24.8. The number of para-hydroxylation sites is 2. The molecule has 0 bridgehead atoms. The van der Waals surface area contributed by atoms with Crippen LogP contribution in [-0.4, -0.2) is 159 Å². The summed E-state index contributed by atoms with van der Waals surface area (Å²) < 4.78 is 143. The number of piperidine rings is 2. The van der Waals surface area contributed by atoms with E-state index in [0.29, 0.717) is 61.3 Å². The number of rotatable bonds is 20. The molecule has 114 heavy (non-hydrogen) atoms. The molecule has 2 spiro atoms. The van der Waals surface area contributed by atoms with Gasteiger partial charge in [-0.2, -0.15) is 93.8 Å². The normalized spacial score (nSPS) is 16.7. The van der Waals surface area contributed by atoms with Crippen molar-refractivity contribution in [1.29, 1.82) is 0 Å². The lowest BCUT2D eigenvalue weighted by molar-refractivity contribution is -0.163. The molecule has 7 aromatic rings. The standard InChI is InChI=1S/C35H37Cl2F4N3O4S.C23H22Cl2F4N2O3.C12H15NOS.C8H8O3.5H2S/c1-42(31(45)21-35(39,40)41)23-33(25-12-13-27(36)28(37)20-25,43(2)32(46)48-30-11-6-5-10-29(30)38)14-7-17-44-18-15-34(16-19-44)26-9-4-3-8-24(26)22-49(34)47;1-4-11-22(15-9-10-16(24)17(25)12-15,14-30(2)20(32)13-23(27,28)29)31(3)21(33)34-19-8-6-5-7-18(19)26;14-15-9-10-3-1-2-4-11(10)12(15)5-7-13-8-6-12;9-7(8(10)11)6-4-2-1-3-5-6;;;;;/h3-6,8-13,20H,7,14-19,21-23H2,1-2H3;4-10,12H,1,11,13-14H2,2-3H3;1-4,13H,5-9H2;1-5,7,9H,(H,10,11);5*1H2/t33-,49?;22-;;7-;;;;;/m11.1...../s1. The van der Waals surface area contributed by atoms with E-state index in [1.165, 1.54) is 117 Å². The van der Waals surface area contributed by atoms with Gasteiger partial charge in [0.25, 0.3) is 0 Å². The molecular formula is C78H92Cl4F8N6O11S7. The van der Waals surface area contributed by atoms with E-state index >= 15 is 0 Å². The van der Waals surface area contributed by atoms with Crippen molar-refractivity contribution in [2.75, 3.05) is 74.0 Å². The van der Waals surface area contributed by atoms with Gasteiger partial charge in [0.15, 0.2) is 29.2 Å². The van der Waals surface area contributed by atoms with Crippen LogP contribution in [0, 0.1) is 11.6 Å². The van der Waals surface area contributed by atoms with Gasteiger partial charge in [-0.15, -0.1) is 6.58 Å². The van der Waals surface area contributed by atoms with Crippen LogP contribution in [0.2, 0.25) is 20.1 Å². The van der Waals surface area contributed by atoms with E-state index in [2.05, 4.69) is 47.1 Å². The number of likely N-dealkylation sites (tertiary alicyclic amines) is 1. The first kappa shape index (κ1) is 102. The van der Waals surface area contributed by atoms with Crippen molar-refractivity contribution in [1.82, 2.24) is 29.8 Å². The lowest BCUT2D eigenvalue weighted by atomic mass is 9.82. The number of halogens is 12. The van der Waals surface area contributed by atoms with Crippen LogP contribution in [0.4, 0.5) is 44.7 Å². The Kier molecular flexibility index (Phi) is 40.3. The largest absolute Gasteiger partial charge is 0.479 e. The number of aliphatic carboxylic acids is 1. The summed E-state index contributed by atoms with van der Waals surface area (Å²) in [6.45, 7) is 6.84. The zero-order valence-corrected chi connectivity index (χ0v) is 72.0. The minimum atomic E-state index is -4.75. The molecule has 36 heteroatoms. The van der Waals surface area contributed by atoms with Crippen molar-refractivity contribution in [3.05, 3.63) is 247 Å². The Morgan fingerprint density at radius 3 is 1.36 bits per heavy atom. The first-order valence-electron chi connectivity index (χ1n) is 34.4. The third-order valence-electron chi connectivity index (χ3n) is 19.8. The van der Waals surface area contributed by atoms with Gasteiger partial charge < -0.3 is 39.7 Å². The van der Waals surface area contributed by atoms with Crippen LogP contribution in [0.25, 0.3) is 0 Å². The van der Waals surface area contributed by atoms with Crippen LogP contribution in [0.5, 0.6) is 11.5 Å². The summed E-state index contributed by atoms with van der Waals surface area (Å²) in [5, 5.41) is 21.4. The number of fused-ring (bicyclic) bond motifs is 4. The number of nitrogens with zero attached hydrogens (tertiary/aromatic N) is 5. The fourth-order valence-electron chi connectivity index (χ4n) is 13.9. The van der Waals surface area contributed by atoms with Gasteiger partial charge in [-0.05, 0) is 165 Å². The highest BCUT2D eigenvalue weighted by molar-refractivity contribution is 7.85. The summed E-state index contributed by atoms with van der Waals surface area (Å²) in [6, 6.07) is 44.3. The Balaban J connectivity index is 0.000000444. The number of ether oxygens (including phenoxy) is 2. The Bertz CT molecular complexity index is 4450. The summed E-state index contributed by atoms with van der Waals surface area (Å²) in [4.78, 5) is 68.4. The van der Waals surface area contributed by atoms with E-state index in [0.717, 1.165) is 69.6 Å². The summed E-state index contributed by atoms with van der Waals surface area (Å²) in [7, 11) is 3.39. The van der Waals surface area contributed by atoms with Crippen LogP contribution in [0.1, 0.15) is 103 Å². The molecule has 5 atom stereocenters. The Labute approximate surface area is 717 Å². The van der Waals surface area contributed by atoms with Crippen molar-refractivity contribution >= 4 is 165 Å². The maximum Gasteiger partial charge on any atom is 0.415 e. The van der Waals surface area contributed by atoms with Crippen LogP contribution in [0.3, 0.4) is 0 Å². The minimum absolute atomic E-state index is 0. The predicted octanol–water partition coefficient (Wildman–Crippen LogP) is 17.2. The molecule has 2 saturated heterocycles. The van der Waals surface area contributed by atoms with Crippen LogP contribution < -0.4 is 14.8 Å². The molecular weight excluding hydrogens is 1720 g/mol. The molecule has 3 N–H and O–H groups in total. The molecule has 4 aliphatic heterocycles. The second-order valence-electron chi connectivity index (χ2n) is 26.7. The van der Waals surface area contributed by atoms with E-state index in [1.54, 1.807) is 36.4 Å². The summed E-state index contributed by atoms with van der Waals surface area (Å²) in [5.74, 6) is -4.58. The molecule has 0 aliphatic carbocycles. The van der Waals surface area contributed by atoms with Gasteiger partial charge in [0, 0.05) is 74.4 Å². The topological polar surface area (TPSA) is 207 Å². The number of likely N-dealkylation sites (N-methyl/N-ethyl adjacent to an activating group) is 4. The minimum Gasteiger partial charge on any atom is -0.479 e. The van der Waals surface area contributed by atoms with Gasteiger partial charge in [-0.3, -0.25) is 27.8 Å². The van der Waals surface area contributed by atoms with E-state index in [4.69, 9.17) is 66.1 Å². The van der Waals surface area contributed by atoms with Gasteiger partial charge in [-0.25, -0.2) is 23.2 Å². The van der Waals surface area contributed by atoms with Gasteiger partial charge in [0.2, 0.25) is 11.8 Å². The highest BCUT2D eigenvalue weighted by atomic mass is 35.5. The van der Waals surface area contributed by atoms with Crippen LogP contribution >= 0.6 is 114 Å². The molecule has 0 radical (unpaired) electrons. The maximum atomic E-state index is 14.5. The number of nitrogens with one attached hydrogen (secondary N) is 1. The molecule has 4 heterocycles. The number of carboxylic acid groups (broad SMARTS) is 1. The molecule has 2 unspecified atom stereocenters. The van der Waals surface area contributed by atoms with Crippen molar-refractivity contribution < 1.29 is 87.2 Å². The molecule has 4 aliphatic rings. The molecule has 11 rings (SSSR count). The number of carboxylic acids is 1. The zero-order chi connectivity index (χ0) is 79.8. The highest BCUT2D eigenvalue weighted by Gasteiger charge is 2.50. The number of aliphatic hydroxyl groups is 1. The fourth-order valence-corrected chi connectivity index (χ4v) is 18.3. The second-order valence-corrected chi connectivity index (χ2v) is 31.9. The number of aliphatic hydroxyl groups excluding tert-OH is 1. The Morgan fingerprint density at radius 2 is 0.947 bits per heavy atom. The molecule has 0 saturated carbocycles. The average Bonchev–Trinajstić information content (AvgIpc) is 1.66. The highest BCUT2D eigenvalue weighted by Crippen LogP contribution is 2.48. The average molecular weight is 1810 g/mol. The Morgan fingerprint density at radius 1 is 0.561 bits per heavy atom. The molecule has 0 aromatic heterocycles. The van der Waals surface area contributed by atoms with E-state index in [1.807, 2.05) is 18.2 Å². The maximum absolute atomic E-state index is 14.5. The Hall–Kier alpha value is -6.24. The third kappa shape index (κ3) is 25.6. The van der Waals surface area contributed by atoms with Gasteiger partial charge >= 0.3 is 30.5 Å². The van der Waals surface area contributed by atoms with Crippen LogP contribution in [0.15, 0.2) is 176 Å². The molecule has 2 fully saturated rings. The molecule has 4 amide bonds. The van der Waals surface area contributed by atoms with E-state index < -0.39 is 110 Å². The zero-order valence-electron chi connectivity index (χ0n) is 62.3. The summed E-state index contributed by atoms with van der Waals surface area (Å²) in [5.41, 5.74) is 3.12. The number of carbonyl (C=O) groups is 5. The lowest BCUT2D eigenvalue weighted by Gasteiger charge is -2.45.